The average molecular weight is 257 g/mol. The minimum atomic E-state index is -0.125. The van der Waals surface area contributed by atoms with Crippen molar-refractivity contribution in [3.8, 4) is 6.07 Å². The van der Waals surface area contributed by atoms with E-state index in [1.165, 1.54) is 7.11 Å². The van der Waals surface area contributed by atoms with E-state index >= 15 is 0 Å². The van der Waals surface area contributed by atoms with Crippen molar-refractivity contribution in [2.24, 2.45) is 0 Å². The lowest BCUT2D eigenvalue weighted by molar-refractivity contribution is -0.124. The lowest BCUT2D eigenvalue weighted by Gasteiger charge is -2.03. The summed E-state index contributed by atoms with van der Waals surface area (Å²) in [7, 11) is 1.49. The first-order chi connectivity index (χ1) is 9.24. The molecule has 1 amide bonds. The molecule has 0 fully saturated rings. The predicted molar refractivity (Wildman–Crippen MR) is 71.6 cm³/mol. The van der Waals surface area contributed by atoms with Crippen molar-refractivity contribution in [3.63, 3.8) is 0 Å². The minimum absolute atomic E-state index is 0.0759. The zero-order valence-corrected chi connectivity index (χ0v) is 10.7. The third kappa shape index (κ3) is 3.12. The van der Waals surface area contributed by atoms with Gasteiger partial charge in [-0.15, -0.1) is 0 Å². The number of hydrogen-bond donors (Lipinski definition) is 2. The van der Waals surface area contributed by atoms with Crippen LogP contribution >= 0.6 is 0 Å². The third-order valence-electron chi connectivity index (χ3n) is 2.89. The van der Waals surface area contributed by atoms with Crippen LogP contribution in [-0.4, -0.2) is 31.2 Å². The van der Waals surface area contributed by atoms with Gasteiger partial charge in [-0.3, -0.25) is 4.79 Å². The summed E-state index contributed by atoms with van der Waals surface area (Å²) in [5.74, 6) is -0.125. The van der Waals surface area contributed by atoms with Crippen LogP contribution in [0.25, 0.3) is 10.9 Å². The van der Waals surface area contributed by atoms with E-state index in [1.54, 1.807) is 6.07 Å². The number of fused-ring (bicyclic) bond motifs is 1. The Labute approximate surface area is 111 Å². The van der Waals surface area contributed by atoms with E-state index in [0.29, 0.717) is 18.5 Å². The molecule has 98 valence electrons. The number of aromatic nitrogens is 1. The Morgan fingerprint density at radius 3 is 3.11 bits per heavy atom. The molecule has 2 rings (SSSR count). The molecule has 5 nitrogen and oxygen atoms in total. The van der Waals surface area contributed by atoms with Gasteiger partial charge in [-0.2, -0.15) is 5.26 Å². The van der Waals surface area contributed by atoms with Crippen molar-refractivity contribution in [1.82, 2.24) is 10.3 Å². The van der Waals surface area contributed by atoms with Gasteiger partial charge in [0.25, 0.3) is 0 Å². The number of nitrogens with one attached hydrogen (secondary N) is 2. The van der Waals surface area contributed by atoms with Gasteiger partial charge in [0, 0.05) is 30.8 Å². The van der Waals surface area contributed by atoms with Crippen molar-refractivity contribution in [2.75, 3.05) is 20.3 Å². The fourth-order valence-electron chi connectivity index (χ4n) is 1.97. The van der Waals surface area contributed by atoms with E-state index in [2.05, 4.69) is 16.4 Å². The molecular formula is C14H15N3O2. The second kappa shape index (κ2) is 6.03. The van der Waals surface area contributed by atoms with Gasteiger partial charge in [0.1, 0.15) is 6.61 Å². The molecule has 0 unspecified atom stereocenters. The molecule has 2 N–H and O–H groups in total. The normalized spacial score (nSPS) is 10.3. The summed E-state index contributed by atoms with van der Waals surface area (Å²) in [4.78, 5) is 14.4. The third-order valence-corrected chi connectivity index (χ3v) is 2.89. The Balaban J connectivity index is 2.05. The largest absolute Gasteiger partial charge is 0.375 e. The molecule has 2 aromatic rings. The number of amides is 1. The number of carbonyl (C=O) groups is 1. The zero-order chi connectivity index (χ0) is 13.7. The quantitative estimate of drug-likeness (QED) is 0.848. The van der Waals surface area contributed by atoms with Gasteiger partial charge >= 0.3 is 0 Å². The molecule has 0 bridgehead atoms. The number of ether oxygens (including phenoxy) is 1. The number of methoxy groups -OCH3 is 1. The molecule has 0 atom stereocenters. The number of nitrogens with zero attached hydrogens (tertiary/aromatic N) is 1. The maximum absolute atomic E-state index is 11.2. The lowest BCUT2D eigenvalue weighted by atomic mass is 10.1. The fraction of sp³-hybridized carbons (Fsp3) is 0.286. The van der Waals surface area contributed by atoms with Crippen LogP contribution in [0.4, 0.5) is 0 Å². The summed E-state index contributed by atoms with van der Waals surface area (Å²) in [5, 5.41) is 12.7. The van der Waals surface area contributed by atoms with Gasteiger partial charge in [0.15, 0.2) is 0 Å². The topological polar surface area (TPSA) is 77.9 Å². The standard InChI is InChI=1S/C14H15N3O2/c1-19-9-14(18)16-5-4-11-8-17-13-3-2-10(7-15)6-12(11)13/h2-3,6,8,17H,4-5,9H2,1H3,(H,16,18). The van der Waals surface area contributed by atoms with Crippen molar-refractivity contribution < 1.29 is 9.53 Å². The summed E-state index contributed by atoms with van der Waals surface area (Å²) < 4.78 is 4.74. The molecule has 5 heteroatoms. The highest BCUT2D eigenvalue weighted by Gasteiger charge is 2.05. The summed E-state index contributed by atoms with van der Waals surface area (Å²) >= 11 is 0. The number of H-pyrrole nitrogens is 1. The second-order valence-electron chi connectivity index (χ2n) is 4.22. The molecular weight excluding hydrogens is 242 g/mol. The maximum atomic E-state index is 11.2. The van der Waals surface area contributed by atoms with Crippen LogP contribution in [0.5, 0.6) is 0 Å². The van der Waals surface area contributed by atoms with Crippen LogP contribution in [0.2, 0.25) is 0 Å². The molecule has 1 heterocycles. The Bertz CT molecular complexity index is 625. The number of rotatable bonds is 5. The summed E-state index contributed by atoms with van der Waals surface area (Å²) in [6.07, 6.45) is 2.62. The van der Waals surface area contributed by atoms with Crippen LogP contribution in [0.3, 0.4) is 0 Å². The molecule has 0 saturated carbocycles. The van der Waals surface area contributed by atoms with Gasteiger partial charge in [-0.05, 0) is 30.2 Å². The number of benzene rings is 1. The number of aromatic amines is 1. The van der Waals surface area contributed by atoms with Gasteiger partial charge in [-0.25, -0.2) is 0 Å². The molecule has 1 aromatic carbocycles. The summed E-state index contributed by atoms with van der Waals surface area (Å²) in [6.45, 7) is 0.623. The molecule has 0 radical (unpaired) electrons. The molecule has 19 heavy (non-hydrogen) atoms. The Kier molecular flexibility index (Phi) is 4.16. The van der Waals surface area contributed by atoms with E-state index in [-0.39, 0.29) is 12.5 Å². The molecule has 0 aliphatic heterocycles. The first kappa shape index (κ1) is 13.1. The van der Waals surface area contributed by atoms with Gasteiger partial charge in [0.05, 0.1) is 11.6 Å². The first-order valence-electron chi connectivity index (χ1n) is 6.00. The summed E-state index contributed by atoms with van der Waals surface area (Å²) in [5.41, 5.74) is 2.72. The Hall–Kier alpha value is -2.32. The minimum Gasteiger partial charge on any atom is -0.375 e. The second-order valence-corrected chi connectivity index (χ2v) is 4.22. The molecule has 0 spiro atoms. The number of nitriles is 1. The molecule has 0 saturated heterocycles. The van der Waals surface area contributed by atoms with Crippen molar-refractivity contribution in [3.05, 3.63) is 35.5 Å². The molecule has 0 aliphatic rings. The highest BCUT2D eigenvalue weighted by Crippen LogP contribution is 2.19. The van der Waals surface area contributed by atoms with E-state index in [9.17, 15) is 4.79 Å². The maximum Gasteiger partial charge on any atom is 0.245 e. The van der Waals surface area contributed by atoms with E-state index in [1.807, 2.05) is 18.3 Å². The Morgan fingerprint density at radius 1 is 1.53 bits per heavy atom. The molecule has 1 aromatic heterocycles. The van der Waals surface area contributed by atoms with Crippen LogP contribution in [0, 0.1) is 11.3 Å². The van der Waals surface area contributed by atoms with Gasteiger partial charge in [0.2, 0.25) is 5.91 Å². The average Bonchev–Trinajstić information content (AvgIpc) is 2.81. The van der Waals surface area contributed by atoms with Crippen molar-refractivity contribution in [2.45, 2.75) is 6.42 Å². The highest BCUT2D eigenvalue weighted by atomic mass is 16.5. The SMILES string of the molecule is COCC(=O)NCCc1c[nH]c2ccc(C#N)cc12. The lowest BCUT2D eigenvalue weighted by Crippen LogP contribution is -2.28. The Morgan fingerprint density at radius 2 is 2.37 bits per heavy atom. The fourth-order valence-corrected chi connectivity index (χ4v) is 1.97. The number of carbonyl (C=O) groups excluding carboxylic acids is 1. The van der Waals surface area contributed by atoms with Crippen molar-refractivity contribution >= 4 is 16.8 Å². The van der Waals surface area contributed by atoms with Gasteiger partial charge < -0.3 is 15.0 Å². The predicted octanol–water partition coefficient (Wildman–Crippen LogP) is 1.34. The van der Waals surface area contributed by atoms with Crippen LogP contribution in [0.15, 0.2) is 24.4 Å². The van der Waals surface area contributed by atoms with Crippen LogP contribution in [0.1, 0.15) is 11.1 Å². The van der Waals surface area contributed by atoms with E-state index in [0.717, 1.165) is 16.5 Å². The van der Waals surface area contributed by atoms with Crippen LogP contribution in [-0.2, 0) is 16.0 Å². The zero-order valence-electron chi connectivity index (χ0n) is 10.7. The van der Waals surface area contributed by atoms with Gasteiger partial charge in [-0.1, -0.05) is 0 Å². The van der Waals surface area contributed by atoms with Crippen molar-refractivity contribution in [1.29, 1.82) is 5.26 Å². The first-order valence-corrected chi connectivity index (χ1v) is 6.00. The number of hydrogen-bond acceptors (Lipinski definition) is 3. The summed E-state index contributed by atoms with van der Waals surface area (Å²) in [6, 6.07) is 7.66. The van der Waals surface area contributed by atoms with E-state index < -0.39 is 0 Å². The molecule has 0 aliphatic carbocycles. The highest BCUT2D eigenvalue weighted by molar-refractivity contribution is 5.84. The van der Waals surface area contributed by atoms with Crippen LogP contribution < -0.4 is 5.32 Å². The monoisotopic (exact) mass is 257 g/mol. The van der Waals surface area contributed by atoms with E-state index in [4.69, 9.17) is 10.00 Å². The smallest absolute Gasteiger partial charge is 0.245 e.